The molecule has 0 spiro atoms. The Labute approximate surface area is 105 Å². The quantitative estimate of drug-likeness (QED) is 0.661. The van der Waals surface area contributed by atoms with Gasteiger partial charge in [-0.15, -0.1) is 0 Å². The van der Waals surface area contributed by atoms with Crippen molar-refractivity contribution in [2.45, 2.75) is 0 Å². The summed E-state index contributed by atoms with van der Waals surface area (Å²) >= 11 is 0. The Morgan fingerprint density at radius 1 is 1.11 bits per heavy atom. The number of rotatable bonds is 3. The fourth-order valence-electron chi connectivity index (χ4n) is 1.56. The summed E-state index contributed by atoms with van der Waals surface area (Å²) < 4.78 is 5.23. The Bertz CT molecular complexity index is 574. The second kappa shape index (κ2) is 5.19. The molecule has 0 atom stereocenters. The van der Waals surface area contributed by atoms with Gasteiger partial charge in [0.25, 0.3) is 0 Å². The van der Waals surface area contributed by atoms with E-state index in [2.05, 4.69) is 6.58 Å². The molecule has 0 radical (unpaired) electrons. The average molecular weight is 240 g/mol. The van der Waals surface area contributed by atoms with Gasteiger partial charge < -0.3 is 9.84 Å². The summed E-state index contributed by atoms with van der Waals surface area (Å²) in [5.41, 5.74) is 0.859. The first-order chi connectivity index (χ1) is 8.72. The number of phenolic OH excluding ortho intramolecular Hbond substituents is 1. The third-order valence-corrected chi connectivity index (χ3v) is 2.46. The van der Waals surface area contributed by atoms with Crippen molar-refractivity contribution in [1.82, 2.24) is 0 Å². The second-order valence-electron chi connectivity index (χ2n) is 3.65. The van der Waals surface area contributed by atoms with Crippen LogP contribution in [0.5, 0.6) is 11.5 Å². The largest absolute Gasteiger partial charge is 0.507 e. The fraction of sp³-hybridized carbons (Fsp3) is 0. The Hall–Kier alpha value is -2.55. The first kappa shape index (κ1) is 11.9. The third kappa shape index (κ3) is 2.40. The van der Waals surface area contributed by atoms with E-state index in [1.807, 2.05) is 6.07 Å². The van der Waals surface area contributed by atoms with Gasteiger partial charge in [-0.25, -0.2) is 4.79 Å². The van der Waals surface area contributed by atoms with Crippen LogP contribution in [0.15, 0.2) is 55.1 Å². The Kier molecular flexibility index (Phi) is 3.44. The van der Waals surface area contributed by atoms with E-state index in [0.717, 1.165) is 0 Å². The number of benzene rings is 2. The van der Waals surface area contributed by atoms with Gasteiger partial charge in [0, 0.05) is 0 Å². The van der Waals surface area contributed by atoms with Crippen LogP contribution in [0, 0.1) is 0 Å². The lowest BCUT2D eigenvalue weighted by Gasteiger charge is -2.08. The van der Waals surface area contributed by atoms with E-state index in [9.17, 15) is 9.90 Å². The van der Waals surface area contributed by atoms with E-state index in [4.69, 9.17) is 4.74 Å². The number of phenols is 1. The van der Waals surface area contributed by atoms with Crippen molar-refractivity contribution in [3.05, 3.63) is 66.2 Å². The molecular formula is C15H12O3. The van der Waals surface area contributed by atoms with Crippen LogP contribution in [0.3, 0.4) is 0 Å². The van der Waals surface area contributed by atoms with Crippen LogP contribution in [0.25, 0.3) is 6.08 Å². The standard InChI is InChI=1S/C15H12O3/c1-2-12-13(16)9-6-10-14(12)18-15(17)11-7-4-3-5-8-11/h2-10,16H,1H2. The summed E-state index contributed by atoms with van der Waals surface area (Å²) in [6, 6.07) is 13.4. The molecule has 0 saturated carbocycles. The van der Waals surface area contributed by atoms with Gasteiger partial charge >= 0.3 is 5.97 Å². The maximum atomic E-state index is 11.9. The smallest absolute Gasteiger partial charge is 0.343 e. The topological polar surface area (TPSA) is 46.5 Å². The highest BCUT2D eigenvalue weighted by Crippen LogP contribution is 2.28. The number of ether oxygens (including phenoxy) is 1. The number of hydrogen-bond acceptors (Lipinski definition) is 3. The van der Waals surface area contributed by atoms with E-state index in [-0.39, 0.29) is 5.75 Å². The zero-order chi connectivity index (χ0) is 13.0. The molecule has 2 aromatic rings. The van der Waals surface area contributed by atoms with Crippen LogP contribution in [-0.4, -0.2) is 11.1 Å². The van der Waals surface area contributed by atoms with Crippen LogP contribution >= 0.6 is 0 Å². The van der Waals surface area contributed by atoms with Gasteiger partial charge in [-0.1, -0.05) is 36.9 Å². The molecule has 0 unspecified atom stereocenters. The molecule has 0 bridgehead atoms. The van der Waals surface area contributed by atoms with Crippen molar-refractivity contribution in [1.29, 1.82) is 0 Å². The maximum absolute atomic E-state index is 11.9. The van der Waals surface area contributed by atoms with Crippen LogP contribution in [-0.2, 0) is 0 Å². The van der Waals surface area contributed by atoms with Crippen molar-refractivity contribution in [2.75, 3.05) is 0 Å². The summed E-state index contributed by atoms with van der Waals surface area (Å²) in [7, 11) is 0. The predicted octanol–water partition coefficient (Wildman–Crippen LogP) is 3.25. The molecule has 2 aromatic carbocycles. The van der Waals surface area contributed by atoms with Crippen LogP contribution in [0.1, 0.15) is 15.9 Å². The van der Waals surface area contributed by atoms with Crippen molar-refractivity contribution in [3.63, 3.8) is 0 Å². The summed E-state index contributed by atoms with van der Waals surface area (Å²) in [6.45, 7) is 3.58. The highest BCUT2D eigenvalue weighted by atomic mass is 16.5. The van der Waals surface area contributed by atoms with Gasteiger partial charge in [0.1, 0.15) is 11.5 Å². The number of hydrogen-bond donors (Lipinski definition) is 1. The van der Waals surface area contributed by atoms with Gasteiger partial charge in [0.15, 0.2) is 0 Å². The lowest BCUT2D eigenvalue weighted by atomic mass is 10.1. The minimum absolute atomic E-state index is 0.0309. The van der Waals surface area contributed by atoms with Crippen molar-refractivity contribution < 1.29 is 14.6 Å². The predicted molar refractivity (Wildman–Crippen MR) is 69.6 cm³/mol. The molecule has 0 aromatic heterocycles. The molecule has 0 aliphatic heterocycles. The van der Waals surface area contributed by atoms with E-state index in [1.54, 1.807) is 36.4 Å². The molecule has 0 fully saturated rings. The average Bonchev–Trinajstić information content (AvgIpc) is 2.40. The van der Waals surface area contributed by atoms with E-state index in [1.165, 1.54) is 12.1 Å². The van der Waals surface area contributed by atoms with Gasteiger partial charge in [-0.05, 0) is 24.3 Å². The molecular weight excluding hydrogens is 228 g/mol. The molecule has 3 heteroatoms. The van der Waals surface area contributed by atoms with E-state index >= 15 is 0 Å². The van der Waals surface area contributed by atoms with Gasteiger partial charge in [-0.3, -0.25) is 0 Å². The molecule has 3 nitrogen and oxygen atoms in total. The number of esters is 1. The lowest BCUT2D eigenvalue weighted by Crippen LogP contribution is -2.08. The van der Waals surface area contributed by atoms with Crippen molar-refractivity contribution in [3.8, 4) is 11.5 Å². The maximum Gasteiger partial charge on any atom is 0.343 e. The Balaban J connectivity index is 2.28. The Morgan fingerprint density at radius 2 is 1.83 bits per heavy atom. The van der Waals surface area contributed by atoms with Crippen LogP contribution < -0.4 is 4.74 Å². The highest BCUT2D eigenvalue weighted by Gasteiger charge is 2.11. The second-order valence-corrected chi connectivity index (χ2v) is 3.65. The molecule has 0 amide bonds. The normalized spacial score (nSPS) is 9.78. The van der Waals surface area contributed by atoms with E-state index < -0.39 is 5.97 Å². The van der Waals surface area contributed by atoms with Crippen molar-refractivity contribution >= 4 is 12.0 Å². The molecule has 18 heavy (non-hydrogen) atoms. The molecule has 0 aliphatic rings. The van der Waals surface area contributed by atoms with Gasteiger partial charge in [-0.2, -0.15) is 0 Å². The summed E-state index contributed by atoms with van der Waals surface area (Å²) in [5.74, 6) is -0.147. The summed E-state index contributed by atoms with van der Waals surface area (Å²) in [6.07, 6.45) is 1.45. The first-order valence-corrected chi connectivity index (χ1v) is 5.44. The molecule has 2 rings (SSSR count). The fourth-order valence-corrected chi connectivity index (χ4v) is 1.56. The molecule has 0 aliphatic carbocycles. The first-order valence-electron chi connectivity index (χ1n) is 5.44. The number of carbonyl (C=O) groups excluding carboxylic acids is 1. The number of carbonyl (C=O) groups is 1. The monoisotopic (exact) mass is 240 g/mol. The van der Waals surface area contributed by atoms with Crippen LogP contribution in [0.2, 0.25) is 0 Å². The summed E-state index contributed by atoms with van der Waals surface area (Å²) in [4.78, 5) is 11.9. The third-order valence-electron chi connectivity index (χ3n) is 2.46. The SMILES string of the molecule is C=Cc1c(O)cccc1OC(=O)c1ccccc1. The molecule has 0 heterocycles. The zero-order valence-electron chi connectivity index (χ0n) is 9.67. The minimum atomic E-state index is -0.468. The molecule has 1 N–H and O–H groups in total. The highest BCUT2D eigenvalue weighted by molar-refractivity contribution is 5.91. The molecule has 90 valence electrons. The summed E-state index contributed by atoms with van der Waals surface area (Å²) in [5, 5.41) is 9.61. The van der Waals surface area contributed by atoms with Gasteiger partial charge in [0.2, 0.25) is 0 Å². The lowest BCUT2D eigenvalue weighted by molar-refractivity contribution is 0.0734. The number of aromatic hydroxyl groups is 1. The van der Waals surface area contributed by atoms with E-state index in [0.29, 0.717) is 16.9 Å². The Morgan fingerprint density at radius 3 is 2.50 bits per heavy atom. The van der Waals surface area contributed by atoms with Gasteiger partial charge in [0.05, 0.1) is 11.1 Å². The minimum Gasteiger partial charge on any atom is -0.507 e. The van der Waals surface area contributed by atoms with Crippen LogP contribution in [0.4, 0.5) is 0 Å². The van der Waals surface area contributed by atoms with Crippen molar-refractivity contribution in [2.24, 2.45) is 0 Å². The molecule has 0 saturated heterocycles. The zero-order valence-corrected chi connectivity index (χ0v) is 9.67.